The van der Waals surface area contributed by atoms with E-state index in [9.17, 15) is 8.78 Å². The number of rotatable bonds is 2. The highest BCUT2D eigenvalue weighted by Gasteiger charge is 2.16. The van der Waals surface area contributed by atoms with Crippen molar-refractivity contribution in [2.24, 2.45) is 0 Å². The zero-order chi connectivity index (χ0) is 10.7. The summed E-state index contributed by atoms with van der Waals surface area (Å²) in [5.74, 6) is 0. The van der Waals surface area contributed by atoms with E-state index in [1.807, 2.05) is 6.07 Å². The van der Waals surface area contributed by atoms with E-state index < -0.39 is 12.1 Å². The fourth-order valence-electron chi connectivity index (χ4n) is 0.931. The molecular formula is C8H6BrF2N3. The normalized spacial score (nSPS) is 10.2. The third-order valence-electron chi connectivity index (χ3n) is 1.56. The van der Waals surface area contributed by atoms with Crippen molar-refractivity contribution >= 4 is 21.6 Å². The molecule has 0 fully saturated rings. The molecule has 1 aromatic heterocycles. The number of anilines is 1. The highest BCUT2D eigenvalue weighted by Crippen LogP contribution is 2.29. The highest BCUT2D eigenvalue weighted by atomic mass is 79.9. The van der Waals surface area contributed by atoms with E-state index in [4.69, 9.17) is 11.0 Å². The van der Waals surface area contributed by atoms with Gasteiger partial charge in [-0.25, -0.2) is 13.8 Å². The Labute approximate surface area is 87.7 Å². The summed E-state index contributed by atoms with van der Waals surface area (Å²) in [6.07, 6.45) is -2.75. The van der Waals surface area contributed by atoms with Crippen LogP contribution in [0.2, 0.25) is 0 Å². The molecule has 0 aliphatic carbocycles. The van der Waals surface area contributed by atoms with Crippen molar-refractivity contribution in [3.63, 3.8) is 0 Å². The van der Waals surface area contributed by atoms with Crippen LogP contribution in [-0.4, -0.2) is 4.98 Å². The Bertz CT molecular complexity index is 387. The number of pyridine rings is 1. The summed E-state index contributed by atoms with van der Waals surface area (Å²) in [5.41, 5.74) is 5.09. The lowest BCUT2D eigenvalue weighted by Crippen LogP contribution is -2.02. The zero-order valence-corrected chi connectivity index (χ0v) is 8.55. The fourth-order valence-corrected chi connectivity index (χ4v) is 1.40. The van der Waals surface area contributed by atoms with E-state index in [-0.39, 0.29) is 17.8 Å². The molecule has 0 bridgehead atoms. The first-order valence-corrected chi connectivity index (χ1v) is 4.45. The first-order valence-electron chi connectivity index (χ1n) is 3.66. The van der Waals surface area contributed by atoms with Crippen LogP contribution in [0.3, 0.4) is 0 Å². The lowest BCUT2D eigenvalue weighted by Gasteiger charge is -2.07. The molecule has 0 amide bonds. The summed E-state index contributed by atoms with van der Waals surface area (Å²) < 4.78 is 25.1. The van der Waals surface area contributed by atoms with Gasteiger partial charge in [0, 0.05) is 4.47 Å². The largest absolute Gasteiger partial charge is 0.396 e. The molecule has 0 saturated heterocycles. The third kappa shape index (κ3) is 2.17. The van der Waals surface area contributed by atoms with Crippen molar-refractivity contribution in [1.82, 2.24) is 4.98 Å². The monoisotopic (exact) mass is 261 g/mol. The third-order valence-corrected chi connectivity index (χ3v) is 2.21. The van der Waals surface area contributed by atoms with Gasteiger partial charge >= 0.3 is 0 Å². The maximum atomic E-state index is 12.4. The number of aromatic nitrogens is 1. The minimum atomic E-state index is -2.73. The Morgan fingerprint density at radius 3 is 2.79 bits per heavy atom. The van der Waals surface area contributed by atoms with Crippen LogP contribution in [-0.2, 0) is 6.42 Å². The molecular weight excluding hydrogens is 256 g/mol. The van der Waals surface area contributed by atoms with Gasteiger partial charge in [0.05, 0.1) is 23.9 Å². The lowest BCUT2D eigenvalue weighted by molar-refractivity contribution is 0.146. The Morgan fingerprint density at radius 1 is 1.64 bits per heavy atom. The number of nitriles is 1. The van der Waals surface area contributed by atoms with Gasteiger partial charge in [-0.2, -0.15) is 5.26 Å². The van der Waals surface area contributed by atoms with Crippen molar-refractivity contribution in [3.8, 4) is 6.07 Å². The number of nitrogens with two attached hydrogens (primary N) is 1. The van der Waals surface area contributed by atoms with E-state index in [0.717, 1.165) is 0 Å². The molecule has 0 aliphatic rings. The second-order valence-electron chi connectivity index (χ2n) is 2.53. The molecule has 74 valence electrons. The number of hydrogen-bond donors (Lipinski definition) is 1. The number of alkyl halides is 2. The standard InChI is InChI=1S/C8H6BrF2N3/c9-5-3-4(1-2-12)14-7(6(5)13)8(10)11/h3,8H,1,13H2. The summed E-state index contributed by atoms with van der Waals surface area (Å²) in [7, 11) is 0. The summed E-state index contributed by atoms with van der Waals surface area (Å²) in [4.78, 5) is 3.59. The maximum Gasteiger partial charge on any atom is 0.282 e. The summed E-state index contributed by atoms with van der Waals surface area (Å²) in [6, 6.07) is 3.29. The molecule has 1 rings (SSSR count). The minimum Gasteiger partial charge on any atom is -0.396 e. The molecule has 3 nitrogen and oxygen atoms in total. The first-order chi connectivity index (χ1) is 6.56. The van der Waals surface area contributed by atoms with E-state index in [1.54, 1.807) is 0 Å². The smallest absolute Gasteiger partial charge is 0.282 e. The molecule has 0 atom stereocenters. The second-order valence-corrected chi connectivity index (χ2v) is 3.38. The van der Waals surface area contributed by atoms with Gasteiger partial charge in [-0.1, -0.05) is 0 Å². The predicted octanol–water partition coefficient (Wildman–Crippen LogP) is 2.43. The number of nitrogen functional groups attached to an aromatic ring is 1. The summed E-state index contributed by atoms with van der Waals surface area (Å²) in [6.45, 7) is 0. The van der Waals surface area contributed by atoms with Gasteiger partial charge in [0.2, 0.25) is 0 Å². The van der Waals surface area contributed by atoms with Crippen molar-refractivity contribution in [1.29, 1.82) is 5.26 Å². The quantitative estimate of drug-likeness (QED) is 0.890. The van der Waals surface area contributed by atoms with Crippen LogP contribution < -0.4 is 5.73 Å². The van der Waals surface area contributed by atoms with Gasteiger partial charge in [-0.3, -0.25) is 0 Å². The maximum absolute atomic E-state index is 12.4. The van der Waals surface area contributed by atoms with E-state index in [2.05, 4.69) is 20.9 Å². The molecule has 1 heterocycles. The van der Waals surface area contributed by atoms with Crippen LogP contribution in [0.4, 0.5) is 14.5 Å². The Hall–Kier alpha value is -1.22. The molecule has 0 aliphatic heterocycles. The van der Waals surface area contributed by atoms with Gasteiger partial charge in [-0.05, 0) is 22.0 Å². The van der Waals surface area contributed by atoms with Crippen molar-refractivity contribution in [2.45, 2.75) is 12.8 Å². The van der Waals surface area contributed by atoms with Crippen LogP contribution in [0.25, 0.3) is 0 Å². The van der Waals surface area contributed by atoms with E-state index in [0.29, 0.717) is 4.47 Å². The molecule has 0 radical (unpaired) electrons. The molecule has 1 aromatic rings. The van der Waals surface area contributed by atoms with Crippen molar-refractivity contribution < 1.29 is 8.78 Å². The molecule has 14 heavy (non-hydrogen) atoms. The average Bonchev–Trinajstić information content (AvgIpc) is 2.11. The highest BCUT2D eigenvalue weighted by molar-refractivity contribution is 9.10. The number of halogens is 3. The van der Waals surface area contributed by atoms with Crippen molar-refractivity contribution in [3.05, 3.63) is 21.9 Å². The fraction of sp³-hybridized carbons (Fsp3) is 0.250. The summed E-state index contributed by atoms with van der Waals surface area (Å²) in [5, 5.41) is 8.39. The topological polar surface area (TPSA) is 62.7 Å². The first kappa shape index (κ1) is 10.9. The average molecular weight is 262 g/mol. The lowest BCUT2D eigenvalue weighted by atomic mass is 10.2. The van der Waals surface area contributed by atoms with E-state index in [1.165, 1.54) is 6.07 Å². The Morgan fingerprint density at radius 2 is 2.29 bits per heavy atom. The zero-order valence-electron chi connectivity index (χ0n) is 6.97. The van der Waals surface area contributed by atoms with E-state index >= 15 is 0 Å². The van der Waals surface area contributed by atoms with Crippen LogP contribution in [0.15, 0.2) is 10.5 Å². The Kier molecular flexibility index (Phi) is 3.36. The molecule has 0 spiro atoms. The van der Waals surface area contributed by atoms with Crippen LogP contribution >= 0.6 is 15.9 Å². The van der Waals surface area contributed by atoms with Gasteiger partial charge in [-0.15, -0.1) is 0 Å². The number of hydrogen-bond acceptors (Lipinski definition) is 3. The van der Waals surface area contributed by atoms with Gasteiger partial charge in [0.15, 0.2) is 0 Å². The molecule has 6 heteroatoms. The second kappa shape index (κ2) is 4.33. The SMILES string of the molecule is N#CCc1cc(Br)c(N)c(C(F)F)n1. The van der Waals surface area contributed by atoms with Gasteiger partial charge < -0.3 is 5.73 Å². The molecule has 2 N–H and O–H groups in total. The molecule has 0 aromatic carbocycles. The van der Waals surface area contributed by atoms with Gasteiger partial charge in [0.25, 0.3) is 6.43 Å². The van der Waals surface area contributed by atoms with Crippen LogP contribution in [0, 0.1) is 11.3 Å². The number of nitrogens with zero attached hydrogens (tertiary/aromatic N) is 2. The predicted molar refractivity (Wildman–Crippen MR) is 50.6 cm³/mol. The summed E-state index contributed by atoms with van der Waals surface area (Å²) >= 11 is 3.03. The molecule has 0 saturated carbocycles. The van der Waals surface area contributed by atoms with Gasteiger partial charge in [0.1, 0.15) is 5.69 Å². The Balaban J connectivity index is 3.22. The minimum absolute atomic E-state index is 0.0153. The van der Waals surface area contributed by atoms with Crippen LogP contribution in [0.1, 0.15) is 17.8 Å². The van der Waals surface area contributed by atoms with Crippen molar-refractivity contribution in [2.75, 3.05) is 5.73 Å². The molecule has 0 unspecified atom stereocenters. The van der Waals surface area contributed by atoms with Crippen LogP contribution in [0.5, 0.6) is 0 Å².